The van der Waals surface area contributed by atoms with Gasteiger partial charge < -0.3 is 9.80 Å². The highest BCUT2D eigenvalue weighted by Crippen LogP contribution is 2.22. The van der Waals surface area contributed by atoms with Gasteiger partial charge in [0.2, 0.25) is 11.9 Å². The van der Waals surface area contributed by atoms with Gasteiger partial charge in [-0.3, -0.25) is 9.59 Å². The zero-order valence-corrected chi connectivity index (χ0v) is 17.6. The fourth-order valence-corrected chi connectivity index (χ4v) is 3.74. The molecule has 0 radical (unpaired) electrons. The number of piperazine rings is 1. The van der Waals surface area contributed by atoms with Crippen LogP contribution in [-0.4, -0.2) is 58.6 Å². The number of amides is 2. The largest absolute Gasteiger partial charge is 0.337 e. The Morgan fingerprint density at radius 3 is 2.17 bits per heavy atom. The quantitative estimate of drug-likeness (QED) is 0.781. The maximum absolute atomic E-state index is 13.0. The summed E-state index contributed by atoms with van der Waals surface area (Å²) >= 11 is 0. The Morgan fingerprint density at radius 1 is 0.900 bits per heavy atom. The Balaban J connectivity index is 1.45. The Labute approximate surface area is 176 Å². The molecule has 0 N–H and O–H groups in total. The molecule has 0 atom stereocenters. The first kappa shape index (κ1) is 20.0. The predicted octanol–water partition coefficient (Wildman–Crippen LogP) is 2.23. The standard InChI is InChI=1S/C22H26N6O2/c1-15-4-6-18(7-5-15)28-20(29)9-8-19(25-28)21(30)26-10-12-27(13-11-26)22-23-16(2)14-17(3)24-22/h4-7,14H,8-13H2,1-3H3. The molecule has 2 aliphatic rings. The second-order valence-electron chi connectivity index (χ2n) is 7.82. The second kappa shape index (κ2) is 8.22. The number of hydrazone groups is 1. The lowest BCUT2D eigenvalue weighted by Gasteiger charge is -2.35. The number of carbonyl (C=O) groups excluding carboxylic acids is 2. The number of rotatable bonds is 3. The molecule has 8 heteroatoms. The van der Waals surface area contributed by atoms with E-state index in [9.17, 15) is 9.59 Å². The van der Waals surface area contributed by atoms with Gasteiger partial charge in [0, 0.05) is 50.4 Å². The molecule has 0 saturated carbocycles. The number of anilines is 2. The highest BCUT2D eigenvalue weighted by molar-refractivity contribution is 6.40. The fraction of sp³-hybridized carbons (Fsp3) is 0.409. The van der Waals surface area contributed by atoms with E-state index in [1.54, 1.807) is 4.90 Å². The van der Waals surface area contributed by atoms with E-state index in [0.717, 1.165) is 17.0 Å². The summed E-state index contributed by atoms with van der Waals surface area (Å²) < 4.78 is 0. The molecule has 0 unspecified atom stereocenters. The van der Waals surface area contributed by atoms with Crippen LogP contribution in [0.15, 0.2) is 35.4 Å². The van der Waals surface area contributed by atoms with Crippen LogP contribution in [-0.2, 0) is 9.59 Å². The van der Waals surface area contributed by atoms with E-state index in [-0.39, 0.29) is 18.2 Å². The SMILES string of the molecule is Cc1ccc(N2N=C(C(=O)N3CCN(c4nc(C)cc(C)n4)CC3)CCC2=O)cc1. The molecule has 30 heavy (non-hydrogen) atoms. The van der Waals surface area contributed by atoms with Crippen molar-refractivity contribution in [3.63, 3.8) is 0 Å². The molecule has 2 amide bonds. The van der Waals surface area contributed by atoms with Crippen molar-refractivity contribution in [2.75, 3.05) is 36.1 Å². The summed E-state index contributed by atoms with van der Waals surface area (Å²) in [4.78, 5) is 38.4. The number of nitrogens with zero attached hydrogens (tertiary/aromatic N) is 6. The monoisotopic (exact) mass is 406 g/mol. The Morgan fingerprint density at radius 2 is 1.53 bits per heavy atom. The maximum Gasteiger partial charge on any atom is 0.270 e. The molecule has 0 bridgehead atoms. The van der Waals surface area contributed by atoms with Crippen molar-refractivity contribution >= 4 is 29.2 Å². The number of aromatic nitrogens is 2. The van der Waals surface area contributed by atoms with Gasteiger partial charge in [0.05, 0.1) is 5.69 Å². The average Bonchev–Trinajstić information content (AvgIpc) is 2.74. The first-order chi connectivity index (χ1) is 14.4. The average molecular weight is 406 g/mol. The van der Waals surface area contributed by atoms with Crippen LogP contribution >= 0.6 is 0 Å². The molecule has 1 saturated heterocycles. The van der Waals surface area contributed by atoms with E-state index in [4.69, 9.17) is 0 Å². The maximum atomic E-state index is 13.0. The van der Waals surface area contributed by atoms with Crippen LogP contribution < -0.4 is 9.91 Å². The molecule has 4 rings (SSSR count). The van der Waals surface area contributed by atoms with Gasteiger partial charge in [-0.25, -0.2) is 15.0 Å². The fourth-order valence-electron chi connectivity index (χ4n) is 3.74. The van der Waals surface area contributed by atoms with Crippen molar-refractivity contribution in [3.05, 3.63) is 47.3 Å². The summed E-state index contributed by atoms with van der Waals surface area (Å²) in [6.45, 7) is 8.40. The molecular formula is C22H26N6O2. The molecule has 0 aliphatic carbocycles. The molecule has 1 aromatic heterocycles. The summed E-state index contributed by atoms with van der Waals surface area (Å²) in [5, 5.41) is 5.77. The lowest BCUT2D eigenvalue weighted by Crippen LogP contribution is -2.52. The lowest BCUT2D eigenvalue weighted by atomic mass is 10.1. The van der Waals surface area contributed by atoms with Gasteiger partial charge >= 0.3 is 0 Å². The first-order valence-electron chi connectivity index (χ1n) is 10.2. The molecule has 3 heterocycles. The van der Waals surface area contributed by atoms with Gasteiger partial charge in [-0.15, -0.1) is 0 Å². The first-order valence-corrected chi connectivity index (χ1v) is 10.2. The smallest absolute Gasteiger partial charge is 0.270 e. The van der Waals surface area contributed by atoms with Crippen LogP contribution in [0.5, 0.6) is 0 Å². The minimum absolute atomic E-state index is 0.0906. The van der Waals surface area contributed by atoms with Crippen LogP contribution in [0, 0.1) is 20.8 Å². The highest BCUT2D eigenvalue weighted by Gasteiger charge is 2.30. The molecule has 1 fully saturated rings. The minimum Gasteiger partial charge on any atom is -0.337 e. The summed E-state index contributed by atoms with van der Waals surface area (Å²) in [6, 6.07) is 9.52. The van der Waals surface area contributed by atoms with Crippen LogP contribution in [0.1, 0.15) is 29.8 Å². The van der Waals surface area contributed by atoms with Crippen molar-refractivity contribution in [1.82, 2.24) is 14.9 Å². The number of hydrogen-bond donors (Lipinski definition) is 0. The molecule has 1 aromatic carbocycles. The van der Waals surface area contributed by atoms with Crippen molar-refractivity contribution < 1.29 is 9.59 Å². The summed E-state index contributed by atoms with van der Waals surface area (Å²) in [5.41, 5.74) is 4.11. The van der Waals surface area contributed by atoms with Crippen molar-refractivity contribution in [2.24, 2.45) is 5.10 Å². The van der Waals surface area contributed by atoms with Gasteiger partial charge in [0.1, 0.15) is 5.71 Å². The van der Waals surface area contributed by atoms with Crippen molar-refractivity contribution in [2.45, 2.75) is 33.6 Å². The van der Waals surface area contributed by atoms with Crippen LogP contribution in [0.2, 0.25) is 0 Å². The van der Waals surface area contributed by atoms with Gasteiger partial charge in [-0.1, -0.05) is 17.7 Å². The zero-order valence-electron chi connectivity index (χ0n) is 17.6. The van der Waals surface area contributed by atoms with E-state index in [2.05, 4.69) is 20.0 Å². The Bertz CT molecular complexity index is 973. The normalized spacial score (nSPS) is 17.2. The number of carbonyl (C=O) groups is 2. The highest BCUT2D eigenvalue weighted by atomic mass is 16.2. The zero-order chi connectivity index (χ0) is 21.3. The van der Waals surface area contributed by atoms with Crippen LogP contribution in [0.3, 0.4) is 0 Å². The van der Waals surface area contributed by atoms with E-state index < -0.39 is 0 Å². The molecular weight excluding hydrogens is 380 g/mol. The number of aryl methyl sites for hydroxylation is 3. The topological polar surface area (TPSA) is 82.0 Å². The molecule has 2 aliphatic heterocycles. The third-order valence-corrected chi connectivity index (χ3v) is 5.38. The van der Waals surface area contributed by atoms with E-state index in [0.29, 0.717) is 49.9 Å². The molecule has 0 spiro atoms. The van der Waals surface area contributed by atoms with Crippen LogP contribution in [0.4, 0.5) is 11.6 Å². The van der Waals surface area contributed by atoms with Crippen molar-refractivity contribution in [1.29, 1.82) is 0 Å². The van der Waals surface area contributed by atoms with Crippen molar-refractivity contribution in [3.8, 4) is 0 Å². The summed E-state index contributed by atoms with van der Waals surface area (Å²) in [7, 11) is 0. The van der Waals surface area contributed by atoms with Crippen LogP contribution in [0.25, 0.3) is 0 Å². The van der Waals surface area contributed by atoms with Gasteiger partial charge in [0.15, 0.2) is 0 Å². The Kier molecular flexibility index (Phi) is 5.48. The molecule has 2 aromatic rings. The molecule has 156 valence electrons. The van der Waals surface area contributed by atoms with Gasteiger partial charge in [-0.2, -0.15) is 5.10 Å². The number of benzene rings is 1. The summed E-state index contributed by atoms with van der Waals surface area (Å²) in [5.74, 6) is 0.526. The van der Waals surface area contributed by atoms with E-state index in [1.165, 1.54) is 5.01 Å². The van der Waals surface area contributed by atoms with E-state index >= 15 is 0 Å². The lowest BCUT2D eigenvalue weighted by molar-refractivity contribution is -0.124. The van der Waals surface area contributed by atoms with Gasteiger partial charge in [-0.05, 0) is 39.0 Å². The predicted molar refractivity (Wildman–Crippen MR) is 116 cm³/mol. The molecule has 8 nitrogen and oxygen atoms in total. The third-order valence-electron chi connectivity index (χ3n) is 5.38. The van der Waals surface area contributed by atoms with Gasteiger partial charge in [0.25, 0.3) is 5.91 Å². The minimum atomic E-state index is -0.0967. The number of hydrogen-bond acceptors (Lipinski definition) is 6. The summed E-state index contributed by atoms with van der Waals surface area (Å²) in [6.07, 6.45) is 0.662. The van der Waals surface area contributed by atoms with E-state index in [1.807, 2.05) is 51.1 Å². The Hall–Kier alpha value is -3.29. The second-order valence-corrected chi connectivity index (χ2v) is 7.82. The third kappa shape index (κ3) is 4.17.